The van der Waals surface area contributed by atoms with Crippen LogP contribution in [-0.2, 0) is 16.0 Å². The number of amides is 4. The van der Waals surface area contributed by atoms with Gasteiger partial charge in [-0.1, -0.05) is 42.5 Å². The van der Waals surface area contributed by atoms with Crippen molar-refractivity contribution >= 4 is 46.1 Å². The molecule has 4 amide bonds. The fourth-order valence-electron chi connectivity index (χ4n) is 3.71. The Labute approximate surface area is 205 Å². The summed E-state index contributed by atoms with van der Waals surface area (Å²) in [5, 5.41) is 5.56. The Morgan fingerprint density at radius 2 is 1.70 bits per heavy atom. The molecule has 168 valence electrons. The van der Waals surface area contributed by atoms with E-state index in [1.165, 1.54) is 0 Å². The number of urea groups is 1. The van der Waals surface area contributed by atoms with Gasteiger partial charge in [0, 0.05) is 15.7 Å². The molecule has 1 saturated heterocycles. The molecule has 0 aromatic heterocycles. The van der Waals surface area contributed by atoms with Gasteiger partial charge in [-0.15, -0.1) is 0 Å². The van der Waals surface area contributed by atoms with Gasteiger partial charge < -0.3 is 15.4 Å². The molecule has 0 spiro atoms. The van der Waals surface area contributed by atoms with Gasteiger partial charge in [0.15, 0.2) is 0 Å². The summed E-state index contributed by atoms with van der Waals surface area (Å²) in [4.78, 5) is 40.6. The first-order valence-electron chi connectivity index (χ1n) is 10.3. The number of carbonyl (C=O) groups is 3. The first kappa shape index (κ1) is 22.8. The first-order valence-corrected chi connectivity index (χ1v) is 11.4. The third-order valence-corrected chi connectivity index (χ3v) is 6.14. The second kappa shape index (κ2) is 10.0. The maximum Gasteiger partial charge on any atom is 0.325 e. The number of carbonyl (C=O) groups excluding carboxylic acids is 3. The molecule has 0 radical (unpaired) electrons. The third-order valence-electron chi connectivity index (χ3n) is 5.42. The van der Waals surface area contributed by atoms with Crippen LogP contribution in [0.5, 0.6) is 5.75 Å². The summed E-state index contributed by atoms with van der Waals surface area (Å²) in [7, 11) is 1.56. The molecule has 0 bridgehead atoms. The Morgan fingerprint density at radius 1 is 1.03 bits per heavy atom. The van der Waals surface area contributed by atoms with Crippen LogP contribution in [0.3, 0.4) is 0 Å². The zero-order valence-corrected chi connectivity index (χ0v) is 20.0. The lowest BCUT2D eigenvalue weighted by molar-refractivity contribution is -0.134. The zero-order valence-electron chi connectivity index (χ0n) is 17.8. The van der Waals surface area contributed by atoms with Crippen molar-refractivity contribution < 1.29 is 19.1 Å². The van der Waals surface area contributed by atoms with Crippen LogP contribution in [0, 0.1) is 3.57 Å². The van der Waals surface area contributed by atoms with Gasteiger partial charge in [-0.25, -0.2) is 9.69 Å². The number of nitrogens with one attached hydrogen (secondary N) is 2. The number of halogens is 1. The van der Waals surface area contributed by atoms with Gasteiger partial charge in [0.05, 0.1) is 7.11 Å². The molecular formula is C25H22IN3O4. The van der Waals surface area contributed by atoms with Crippen LogP contribution >= 0.6 is 22.6 Å². The van der Waals surface area contributed by atoms with E-state index in [0.29, 0.717) is 17.0 Å². The minimum absolute atomic E-state index is 0.200. The van der Waals surface area contributed by atoms with Crippen molar-refractivity contribution in [3.63, 3.8) is 0 Å². The molecule has 1 aliphatic rings. The normalized spacial score (nSPS) is 16.3. The van der Waals surface area contributed by atoms with E-state index in [1.54, 1.807) is 43.5 Å². The molecule has 1 fully saturated rings. The van der Waals surface area contributed by atoms with Crippen molar-refractivity contribution in [3.05, 3.63) is 93.6 Å². The van der Waals surface area contributed by atoms with Crippen molar-refractivity contribution in [1.82, 2.24) is 10.2 Å². The van der Waals surface area contributed by atoms with Crippen molar-refractivity contribution in [2.45, 2.75) is 18.5 Å². The second-order valence-corrected chi connectivity index (χ2v) is 8.81. The molecule has 2 unspecified atom stereocenters. The molecule has 2 N–H and O–H groups in total. The zero-order chi connectivity index (χ0) is 23.4. The lowest BCUT2D eigenvalue weighted by atomic mass is 10.0. The summed E-state index contributed by atoms with van der Waals surface area (Å²) in [5.41, 5.74) is 2.05. The average Bonchev–Trinajstić information content (AvgIpc) is 3.13. The Hall–Kier alpha value is -3.40. The summed E-state index contributed by atoms with van der Waals surface area (Å²) in [6.45, 7) is 0. The molecule has 3 aromatic rings. The number of nitrogens with zero attached hydrogens (tertiary/aromatic N) is 1. The molecule has 7 nitrogen and oxygen atoms in total. The summed E-state index contributed by atoms with van der Waals surface area (Å²) in [5.74, 6) is -0.256. The number of benzene rings is 3. The van der Waals surface area contributed by atoms with Crippen LogP contribution in [0.1, 0.15) is 17.2 Å². The standard InChI is InChI=1S/C25H22IN3O4/c1-33-20-13-7-17(8-14-20)22-24(31)29(25(32)28-22)21(15-16-5-3-2-4-6-16)23(30)27-19-11-9-18(26)10-12-19/h2-14,21-22H,15H2,1H3,(H,27,30)(H,28,32). The number of hydrogen-bond donors (Lipinski definition) is 2. The quantitative estimate of drug-likeness (QED) is 0.339. The van der Waals surface area contributed by atoms with Crippen LogP contribution in [0.25, 0.3) is 0 Å². The highest BCUT2D eigenvalue weighted by Gasteiger charge is 2.45. The third kappa shape index (κ3) is 5.16. The highest BCUT2D eigenvalue weighted by Crippen LogP contribution is 2.27. The van der Waals surface area contributed by atoms with Gasteiger partial charge in [0.25, 0.3) is 5.91 Å². The van der Waals surface area contributed by atoms with Crippen molar-refractivity contribution in [3.8, 4) is 5.75 Å². The number of anilines is 1. The molecular weight excluding hydrogens is 533 g/mol. The molecule has 3 aromatic carbocycles. The van der Waals surface area contributed by atoms with E-state index in [0.717, 1.165) is 14.0 Å². The topological polar surface area (TPSA) is 87.7 Å². The number of imide groups is 1. The number of rotatable bonds is 7. The molecule has 2 atom stereocenters. The van der Waals surface area contributed by atoms with Crippen LogP contribution < -0.4 is 15.4 Å². The van der Waals surface area contributed by atoms with Gasteiger partial charge in [-0.05, 0) is 70.1 Å². The fourth-order valence-corrected chi connectivity index (χ4v) is 4.07. The number of hydrogen-bond acceptors (Lipinski definition) is 4. The fraction of sp³-hybridized carbons (Fsp3) is 0.160. The van der Waals surface area contributed by atoms with E-state index in [2.05, 4.69) is 33.2 Å². The van der Waals surface area contributed by atoms with E-state index >= 15 is 0 Å². The highest BCUT2D eigenvalue weighted by atomic mass is 127. The van der Waals surface area contributed by atoms with E-state index in [9.17, 15) is 14.4 Å². The monoisotopic (exact) mass is 555 g/mol. The Kier molecular flexibility index (Phi) is 6.93. The van der Waals surface area contributed by atoms with Crippen molar-refractivity contribution in [2.75, 3.05) is 12.4 Å². The molecule has 4 rings (SSSR count). The molecule has 0 aliphatic carbocycles. The van der Waals surface area contributed by atoms with Gasteiger partial charge in [-0.2, -0.15) is 0 Å². The Bertz CT molecular complexity index is 1150. The summed E-state index contributed by atoms with van der Waals surface area (Å²) in [6, 6.07) is 21.0. The van der Waals surface area contributed by atoms with Gasteiger partial charge in [0.2, 0.25) is 5.91 Å². The second-order valence-electron chi connectivity index (χ2n) is 7.57. The molecule has 33 heavy (non-hydrogen) atoms. The maximum absolute atomic E-state index is 13.3. The van der Waals surface area contributed by atoms with E-state index in [-0.39, 0.29) is 6.42 Å². The van der Waals surface area contributed by atoms with Crippen LogP contribution in [0.15, 0.2) is 78.9 Å². The molecule has 0 saturated carbocycles. The summed E-state index contributed by atoms with van der Waals surface area (Å²) >= 11 is 2.18. The molecule has 1 aliphatic heterocycles. The largest absolute Gasteiger partial charge is 0.497 e. The lowest BCUT2D eigenvalue weighted by Crippen LogP contribution is -2.49. The molecule has 1 heterocycles. The summed E-state index contributed by atoms with van der Waals surface area (Å²) < 4.78 is 6.20. The summed E-state index contributed by atoms with van der Waals surface area (Å²) in [6.07, 6.45) is 0.200. The lowest BCUT2D eigenvalue weighted by Gasteiger charge is -2.25. The van der Waals surface area contributed by atoms with Crippen LogP contribution in [-0.4, -0.2) is 35.9 Å². The van der Waals surface area contributed by atoms with Gasteiger partial charge in [-0.3, -0.25) is 9.59 Å². The number of methoxy groups -OCH3 is 1. The smallest absolute Gasteiger partial charge is 0.325 e. The van der Waals surface area contributed by atoms with E-state index in [1.807, 2.05) is 42.5 Å². The maximum atomic E-state index is 13.3. The minimum atomic E-state index is -1.01. The van der Waals surface area contributed by atoms with Crippen molar-refractivity contribution in [1.29, 1.82) is 0 Å². The average molecular weight is 555 g/mol. The van der Waals surface area contributed by atoms with Gasteiger partial charge >= 0.3 is 6.03 Å². The van der Waals surface area contributed by atoms with Crippen molar-refractivity contribution in [2.24, 2.45) is 0 Å². The van der Waals surface area contributed by atoms with Gasteiger partial charge in [0.1, 0.15) is 17.8 Å². The predicted octanol–water partition coefficient (Wildman–Crippen LogP) is 4.14. The SMILES string of the molecule is COc1ccc(C2NC(=O)N(C(Cc3ccccc3)C(=O)Nc3ccc(I)cc3)C2=O)cc1. The van der Waals surface area contributed by atoms with Crippen LogP contribution in [0.2, 0.25) is 0 Å². The molecule has 8 heteroatoms. The predicted molar refractivity (Wildman–Crippen MR) is 133 cm³/mol. The Balaban J connectivity index is 1.62. The Morgan fingerprint density at radius 3 is 2.33 bits per heavy atom. The minimum Gasteiger partial charge on any atom is -0.497 e. The van der Waals surface area contributed by atoms with E-state index in [4.69, 9.17) is 4.74 Å². The first-order chi connectivity index (χ1) is 16.0. The highest BCUT2D eigenvalue weighted by molar-refractivity contribution is 14.1. The van der Waals surface area contributed by atoms with E-state index < -0.39 is 29.9 Å². The number of ether oxygens (including phenoxy) is 1. The van der Waals surface area contributed by atoms with Crippen LogP contribution in [0.4, 0.5) is 10.5 Å².